The molecule has 0 atom stereocenters. The van der Waals surface area contributed by atoms with Crippen molar-refractivity contribution in [3.63, 3.8) is 0 Å². The second kappa shape index (κ2) is 28.3. The van der Waals surface area contributed by atoms with Gasteiger partial charge < -0.3 is 46.2 Å². The van der Waals surface area contributed by atoms with Gasteiger partial charge in [0.2, 0.25) is 17.7 Å². The molecule has 12 heteroatoms. The molecular weight excluding hydrogens is 1010 g/mol. The van der Waals surface area contributed by atoms with Crippen molar-refractivity contribution < 1.29 is 44.7 Å². The third-order valence-corrected chi connectivity index (χ3v) is 13.4. The summed E-state index contributed by atoms with van der Waals surface area (Å²) < 4.78 is 5.42. The largest absolute Gasteiger partial charge is 0.508 e. The number of aryl methyl sites for hydroxylation is 4. The Bertz CT molecular complexity index is 2960. The van der Waals surface area contributed by atoms with Crippen molar-refractivity contribution in [2.75, 3.05) is 22.6 Å². The van der Waals surface area contributed by atoms with E-state index in [-0.39, 0.29) is 63.7 Å². The Hall–Kier alpha value is -7.47. The monoisotopic (exact) mass is 1110 g/mol. The Morgan fingerprint density at radius 3 is 0.901 bits per heavy atom. The summed E-state index contributed by atoms with van der Waals surface area (Å²) in [7, 11) is 0. The summed E-state index contributed by atoms with van der Waals surface area (Å²) in [5.74, 6) is 1.99. The Labute approximate surface area is 484 Å². The molecule has 0 aliphatic rings. The van der Waals surface area contributed by atoms with Crippen LogP contribution in [0.3, 0.4) is 0 Å². The van der Waals surface area contributed by atoms with Crippen LogP contribution < -0.4 is 20.7 Å². The highest BCUT2D eigenvalue weighted by Gasteiger charge is 2.28. The molecule has 0 radical (unpaired) electrons. The second-order valence-corrected chi connectivity index (χ2v) is 25.8. The summed E-state index contributed by atoms with van der Waals surface area (Å²) in [6.45, 7) is 35.7. The van der Waals surface area contributed by atoms with Crippen molar-refractivity contribution in [1.82, 2.24) is 0 Å². The standard InChI is InChI=1S/C25H35NO3.C23H31NO3.C20H25NO3.CH4/c1-8-29-19-12-10-18(11-13-19)26-22(27)14-9-17-15-20(24(2,3)4)23(28)21(16-17)25(5,6)7;1-22(2,3)18-13-15(14-19(21(18)27)23(4,5)6)7-12-20(26)24-16-8-10-17(25)11-9-16;1-13-11-14(12-17(19(13)24)20(2,3)4)5-10-18(23)21-15-6-8-16(22)9-7-15;/h10-13,15-16,28H,8-9,14H2,1-7H3,(H,26,27);8-11,13-14,25,27H,7,12H2,1-6H3,(H,24,26);6-9,11-12,22,24H,5,10H2,1-4H3,(H,21,23);1H4. The molecule has 8 N–H and O–H groups in total. The minimum absolute atomic E-state index is 0. The highest BCUT2D eigenvalue weighted by molar-refractivity contribution is 5.92. The third kappa shape index (κ3) is 21.2. The Balaban J connectivity index is 0.000000318. The van der Waals surface area contributed by atoms with E-state index in [0.29, 0.717) is 73.8 Å². The van der Waals surface area contributed by atoms with Gasteiger partial charge in [-0.15, -0.1) is 0 Å². The highest BCUT2D eigenvalue weighted by Crippen LogP contribution is 2.42. The van der Waals surface area contributed by atoms with Gasteiger partial charge in [-0.05, 0) is 183 Å². The molecule has 81 heavy (non-hydrogen) atoms. The lowest BCUT2D eigenvalue weighted by atomic mass is 9.78. The third-order valence-electron chi connectivity index (χ3n) is 13.4. The van der Waals surface area contributed by atoms with Gasteiger partial charge in [-0.2, -0.15) is 0 Å². The Kier molecular flexibility index (Phi) is 23.7. The molecule has 0 bridgehead atoms. The zero-order valence-electron chi connectivity index (χ0n) is 50.7. The number of hydrogen-bond acceptors (Lipinski definition) is 9. The molecule has 3 amide bonds. The maximum Gasteiger partial charge on any atom is 0.224 e. The second-order valence-electron chi connectivity index (χ2n) is 25.8. The van der Waals surface area contributed by atoms with E-state index >= 15 is 0 Å². The topological polar surface area (TPSA) is 198 Å². The lowest BCUT2D eigenvalue weighted by molar-refractivity contribution is -0.117. The number of carbonyl (C=O) groups excluding carboxylic acids is 3. The van der Waals surface area contributed by atoms with Gasteiger partial charge in [-0.3, -0.25) is 14.4 Å². The Morgan fingerprint density at radius 1 is 0.395 bits per heavy atom. The zero-order valence-corrected chi connectivity index (χ0v) is 50.7. The normalized spacial score (nSPS) is 11.7. The van der Waals surface area contributed by atoms with Crippen molar-refractivity contribution in [3.8, 4) is 34.5 Å². The van der Waals surface area contributed by atoms with E-state index in [1.807, 2.05) is 74.5 Å². The molecule has 0 aliphatic heterocycles. The fraction of sp³-hybridized carbons (Fsp3) is 0.435. The van der Waals surface area contributed by atoms with Crippen LogP contribution in [0.2, 0.25) is 0 Å². The maximum atomic E-state index is 12.4. The molecule has 0 aliphatic carbocycles. The van der Waals surface area contributed by atoms with Crippen LogP contribution in [-0.2, 0) is 60.7 Å². The summed E-state index contributed by atoms with van der Waals surface area (Å²) in [5.41, 5.74) is 9.75. The number of phenolic OH excluding ortho intramolecular Hbond substituents is 5. The molecule has 6 aromatic carbocycles. The number of anilines is 3. The first-order valence-corrected chi connectivity index (χ1v) is 27.7. The number of carbonyl (C=O) groups is 3. The van der Waals surface area contributed by atoms with Crippen LogP contribution >= 0.6 is 0 Å². The van der Waals surface area contributed by atoms with Crippen molar-refractivity contribution in [2.45, 2.75) is 191 Å². The number of hydrogen-bond donors (Lipinski definition) is 8. The van der Waals surface area contributed by atoms with Crippen LogP contribution in [0.4, 0.5) is 17.1 Å². The van der Waals surface area contributed by atoms with Crippen LogP contribution in [-0.4, -0.2) is 49.9 Å². The summed E-state index contributed by atoms with van der Waals surface area (Å²) in [6.07, 6.45) is 2.90. The molecule has 0 unspecified atom stereocenters. The number of ether oxygens (including phenoxy) is 1. The number of aromatic hydroxyl groups is 5. The average Bonchev–Trinajstić information content (AvgIpc) is 3.34. The van der Waals surface area contributed by atoms with Gasteiger partial charge in [-0.1, -0.05) is 148 Å². The molecule has 0 saturated carbocycles. The molecule has 0 aromatic heterocycles. The van der Waals surface area contributed by atoms with Crippen molar-refractivity contribution >= 4 is 34.8 Å². The quantitative estimate of drug-likeness (QED) is 0.0489. The number of amides is 3. The average molecular weight is 1110 g/mol. The van der Waals surface area contributed by atoms with Gasteiger partial charge in [0.1, 0.15) is 34.5 Å². The van der Waals surface area contributed by atoms with E-state index < -0.39 is 0 Å². The molecule has 0 heterocycles. The van der Waals surface area contributed by atoms with Crippen LogP contribution in [0.15, 0.2) is 109 Å². The Morgan fingerprint density at radius 2 is 0.642 bits per heavy atom. The van der Waals surface area contributed by atoms with E-state index in [4.69, 9.17) is 4.74 Å². The lowest BCUT2D eigenvalue weighted by Crippen LogP contribution is -2.18. The van der Waals surface area contributed by atoms with Crippen LogP contribution in [0.1, 0.15) is 188 Å². The minimum Gasteiger partial charge on any atom is -0.508 e. The molecule has 12 nitrogen and oxygen atoms in total. The first-order valence-electron chi connectivity index (χ1n) is 27.7. The zero-order chi connectivity index (χ0) is 60.1. The summed E-state index contributed by atoms with van der Waals surface area (Å²) in [4.78, 5) is 36.8. The van der Waals surface area contributed by atoms with Crippen molar-refractivity contribution in [2.24, 2.45) is 0 Å². The molecule has 0 saturated heterocycles. The molecule has 6 aromatic rings. The first-order chi connectivity index (χ1) is 37.0. The lowest BCUT2D eigenvalue weighted by Gasteiger charge is -2.28. The first kappa shape index (κ1) is 67.8. The number of rotatable bonds is 14. The van der Waals surface area contributed by atoms with Gasteiger partial charge in [0, 0.05) is 36.3 Å². The van der Waals surface area contributed by atoms with Crippen molar-refractivity contribution in [3.05, 3.63) is 159 Å². The maximum absolute atomic E-state index is 12.4. The smallest absolute Gasteiger partial charge is 0.224 e. The van der Waals surface area contributed by atoms with Gasteiger partial charge in [0.05, 0.1) is 6.61 Å². The van der Waals surface area contributed by atoms with Crippen LogP contribution in [0, 0.1) is 6.92 Å². The van der Waals surface area contributed by atoms with E-state index in [2.05, 4.69) is 120 Å². The van der Waals surface area contributed by atoms with E-state index in [1.54, 1.807) is 36.4 Å². The highest BCUT2D eigenvalue weighted by atomic mass is 16.5. The fourth-order valence-electron chi connectivity index (χ4n) is 8.87. The van der Waals surface area contributed by atoms with Crippen LogP contribution in [0.5, 0.6) is 34.5 Å². The van der Waals surface area contributed by atoms with Gasteiger partial charge in [-0.25, -0.2) is 0 Å². The summed E-state index contributed by atoms with van der Waals surface area (Å²) in [6, 6.07) is 32.2. The molecular formula is C69H95N3O9. The summed E-state index contributed by atoms with van der Waals surface area (Å²) in [5, 5.41) is 59.0. The van der Waals surface area contributed by atoms with Crippen LogP contribution in [0.25, 0.3) is 0 Å². The molecule has 6 rings (SSSR count). The summed E-state index contributed by atoms with van der Waals surface area (Å²) >= 11 is 0. The fourth-order valence-corrected chi connectivity index (χ4v) is 8.87. The van der Waals surface area contributed by atoms with E-state index in [0.717, 1.165) is 61.5 Å². The van der Waals surface area contributed by atoms with Gasteiger partial charge >= 0.3 is 0 Å². The number of phenols is 5. The minimum atomic E-state index is -0.186. The number of benzene rings is 6. The molecule has 0 fully saturated rings. The molecule has 440 valence electrons. The predicted molar refractivity (Wildman–Crippen MR) is 334 cm³/mol. The van der Waals surface area contributed by atoms with Gasteiger partial charge in [0.25, 0.3) is 0 Å². The van der Waals surface area contributed by atoms with E-state index in [1.165, 1.54) is 12.1 Å². The number of nitrogens with one attached hydrogen (secondary N) is 3. The van der Waals surface area contributed by atoms with E-state index in [9.17, 15) is 39.9 Å². The van der Waals surface area contributed by atoms with Gasteiger partial charge in [0.15, 0.2) is 0 Å². The van der Waals surface area contributed by atoms with Crippen molar-refractivity contribution in [1.29, 1.82) is 0 Å². The molecule has 0 spiro atoms. The predicted octanol–water partition coefficient (Wildman–Crippen LogP) is 16.1. The SMILES string of the molecule is C.CC(C)(C)c1cc(CCC(=O)Nc2ccc(O)cc2)cc(C(C)(C)C)c1O.CCOc1ccc(NC(=O)CCc2cc(C(C)(C)C)c(O)c(C(C)(C)C)c2)cc1.Cc1cc(CCC(=O)Nc2ccc(O)cc2)cc(C(C)(C)C)c1O.